The molecule has 7 heteroatoms. The molecular formula is C11H10N4O3. The number of nitriles is 1. The van der Waals surface area contributed by atoms with Crippen LogP contribution in [0, 0.1) is 18.3 Å². The Kier molecular flexibility index (Phi) is 2.63. The zero-order chi connectivity index (χ0) is 13.4. The van der Waals surface area contributed by atoms with E-state index in [0.717, 1.165) is 0 Å². The second-order valence-electron chi connectivity index (χ2n) is 3.94. The van der Waals surface area contributed by atoms with Gasteiger partial charge < -0.3 is 5.11 Å². The van der Waals surface area contributed by atoms with Gasteiger partial charge in [0.15, 0.2) is 5.65 Å². The molecule has 0 amide bonds. The van der Waals surface area contributed by atoms with E-state index in [4.69, 9.17) is 10.4 Å². The molecule has 2 N–H and O–H groups in total. The third-order valence-electron chi connectivity index (χ3n) is 2.79. The van der Waals surface area contributed by atoms with E-state index in [-0.39, 0.29) is 11.4 Å². The number of rotatable bonds is 2. The number of aromatic amines is 1. The second kappa shape index (κ2) is 4.00. The Morgan fingerprint density at radius 1 is 1.67 bits per heavy atom. The number of hydrogen-bond donors (Lipinski definition) is 2. The zero-order valence-corrected chi connectivity index (χ0v) is 9.76. The van der Waals surface area contributed by atoms with Crippen LogP contribution in [0.5, 0.6) is 0 Å². The molecule has 0 bridgehead atoms. The van der Waals surface area contributed by atoms with Crippen LogP contribution in [0.15, 0.2) is 10.9 Å². The molecule has 0 fully saturated rings. The molecule has 0 aliphatic heterocycles. The summed E-state index contributed by atoms with van der Waals surface area (Å²) in [7, 11) is 0. The number of nitrogens with zero attached hydrogens (tertiary/aromatic N) is 3. The first kappa shape index (κ1) is 11.9. The lowest BCUT2D eigenvalue weighted by Crippen LogP contribution is -2.11. The van der Waals surface area contributed by atoms with Gasteiger partial charge in [-0.05, 0) is 13.8 Å². The van der Waals surface area contributed by atoms with E-state index in [1.807, 2.05) is 6.07 Å². The Balaban J connectivity index is 2.74. The molecule has 0 spiro atoms. The Hall–Kier alpha value is -2.62. The summed E-state index contributed by atoms with van der Waals surface area (Å²) in [6, 6.07) is 3.03. The third kappa shape index (κ3) is 1.64. The average Bonchev–Trinajstić information content (AvgIpc) is 2.72. The number of aliphatic carboxylic acids is 1. The lowest BCUT2D eigenvalue weighted by atomic mass is 10.2. The molecule has 18 heavy (non-hydrogen) atoms. The number of nitrogens with one attached hydrogen (secondary N) is 1. The highest BCUT2D eigenvalue weighted by Gasteiger charge is 2.19. The number of H-pyrrole nitrogens is 1. The summed E-state index contributed by atoms with van der Waals surface area (Å²) < 4.78 is 1.44. The third-order valence-corrected chi connectivity index (χ3v) is 2.79. The molecule has 2 aromatic rings. The molecular weight excluding hydrogens is 236 g/mol. The highest BCUT2D eigenvalue weighted by molar-refractivity contribution is 5.74. The van der Waals surface area contributed by atoms with Gasteiger partial charge in [-0.1, -0.05) is 0 Å². The molecule has 0 saturated heterocycles. The summed E-state index contributed by atoms with van der Waals surface area (Å²) in [6.45, 7) is 3.08. The van der Waals surface area contributed by atoms with Crippen LogP contribution in [0.25, 0.3) is 5.65 Å². The monoisotopic (exact) mass is 246 g/mol. The quantitative estimate of drug-likeness (QED) is 0.796. The van der Waals surface area contributed by atoms with Crippen molar-refractivity contribution < 1.29 is 9.90 Å². The molecule has 0 saturated carbocycles. The van der Waals surface area contributed by atoms with E-state index < -0.39 is 17.3 Å². The van der Waals surface area contributed by atoms with Gasteiger partial charge >= 0.3 is 5.97 Å². The van der Waals surface area contributed by atoms with E-state index >= 15 is 0 Å². The molecule has 1 atom stereocenters. The highest BCUT2D eigenvalue weighted by Crippen LogP contribution is 2.13. The topological polar surface area (TPSA) is 111 Å². The van der Waals surface area contributed by atoms with Crippen LogP contribution in [-0.2, 0) is 4.79 Å². The molecule has 0 aromatic carbocycles. The van der Waals surface area contributed by atoms with Crippen molar-refractivity contribution in [2.75, 3.05) is 0 Å². The van der Waals surface area contributed by atoms with Crippen LogP contribution in [0.1, 0.15) is 29.9 Å². The fraction of sp³-hybridized carbons (Fsp3) is 0.273. The number of fused-ring (bicyclic) bond motifs is 1. The van der Waals surface area contributed by atoms with Crippen LogP contribution < -0.4 is 5.43 Å². The predicted octanol–water partition coefficient (Wildman–Crippen LogP) is 0.391. The van der Waals surface area contributed by atoms with Gasteiger partial charge in [0.1, 0.15) is 23.4 Å². The van der Waals surface area contributed by atoms with E-state index in [2.05, 4.69) is 10.1 Å². The van der Waals surface area contributed by atoms with E-state index in [1.165, 1.54) is 17.5 Å². The van der Waals surface area contributed by atoms with Gasteiger partial charge in [0.2, 0.25) is 5.43 Å². The number of hydrogen-bond acceptors (Lipinski definition) is 4. The van der Waals surface area contributed by atoms with Crippen LogP contribution in [0.2, 0.25) is 0 Å². The van der Waals surface area contributed by atoms with E-state index in [9.17, 15) is 9.59 Å². The molecule has 1 unspecified atom stereocenters. The van der Waals surface area contributed by atoms with Gasteiger partial charge in [-0.2, -0.15) is 5.26 Å². The summed E-state index contributed by atoms with van der Waals surface area (Å²) in [4.78, 5) is 26.5. The van der Waals surface area contributed by atoms with Gasteiger partial charge in [0.25, 0.3) is 0 Å². The summed E-state index contributed by atoms with van der Waals surface area (Å²) in [6.07, 6.45) is 0. The normalized spacial score (nSPS) is 12.3. The first-order chi connectivity index (χ1) is 8.45. The number of carbonyl (C=O) groups is 1. The maximum absolute atomic E-state index is 11.6. The van der Waals surface area contributed by atoms with Crippen LogP contribution >= 0.6 is 0 Å². The molecule has 2 heterocycles. The van der Waals surface area contributed by atoms with Crippen molar-refractivity contribution in [2.45, 2.75) is 19.8 Å². The fourth-order valence-corrected chi connectivity index (χ4v) is 1.65. The molecule has 7 nitrogen and oxygen atoms in total. The number of aryl methyl sites for hydroxylation is 1. The molecule has 2 rings (SSSR count). The smallest absolute Gasteiger partial charge is 0.313 e. The maximum atomic E-state index is 11.6. The van der Waals surface area contributed by atoms with Gasteiger partial charge in [-0.25, -0.2) is 9.50 Å². The SMILES string of the molecule is Cc1c(C#N)c(=O)cc2nc(C(C)C(=O)O)[nH]n12. The van der Waals surface area contributed by atoms with Crippen molar-refractivity contribution in [2.24, 2.45) is 0 Å². The summed E-state index contributed by atoms with van der Waals surface area (Å²) in [5.74, 6) is -1.60. The molecule has 0 aliphatic rings. The summed E-state index contributed by atoms with van der Waals surface area (Å²) >= 11 is 0. The Labute approximate surface area is 101 Å². The summed E-state index contributed by atoms with van der Waals surface area (Å²) in [5.41, 5.74) is 0.317. The van der Waals surface area contributed by atoms with Crippen molar-refractivity contribution in [3.05, 3.63) is 33.4 Å². The van der Waals surface area contributed by atoms with Crippen molar-refractivity contribution in [1.29, 1.82) is 5.26 Å². The second-order valence-corrected chi connectivity index (χ2v) is 3.94. The van der Waals surface area contributed by atoms with E-state index in [0.29, 0.717) is 11.3 Å². The molecule has 92 valence electrons. The summed E-state index contributed by atoms with van der Waals surface area (Å²) in [5, 5.41) is 20.6. The van der Waals surface area contributed by atoms with Gasteiger partial charge in [0.05, 0.1) is 5.69 Å². The van der Waals surface area contributed by atoms with Gasteiger partial charge in [-0.3, -0.25) is 14.7 Å². The van der Waals surface area contributed by atoms with Crippen LogP contribution in [-0.4, -0.2) is 25.7 Å². The standard InChI is InChI=1S/C11H10N4O3/c1-5(11(17)18)10-13-9-3-8(16)7(4-12)6(2)15(9)14-10/h3,5H,1-2H3,(H,13,14)(H,17,18). The first-order valence-electron chi connectivity index (χ1n) is 5.21. The van der Waals surface area contributed by atoms with Gasteiger partial charge in [-0.15, -0.1) is 0 Å². The number of carboxylic acids is 1. The fourth-order valence-electron chi connectivity index (χ4n) is 1.65. The lowest BCUT2D eigenvalue weighted by Gasteiger charge is -2.01. The minimum atomic E-state index is -1.02. The predicted molar refractivity (Wildman–Crippen MR) is 61.3 cm³/mol. The Morgan fingerprint density at radius 2 is 2.33 bits per heavy atom. The van der Waals surface area contributed by atoms with Crippen molar-refractivity contribution >= 4 is 11.6 Å². The molecule has 0 radical (unpaired) electrons. The number of carboxylic acid groups (broad SMARTS) is 1. The molecule has 2 aromatic heterocycles. The zero-order valence-electron chi connectivity index (χ0n) is 9.76. The van der Waals surface area contributed by atoms with Crippen LogP contribution in [0.3, 0.4) is 0 Å². The van der Waals surface area contributed by atoms with E-state index in [1.54, 1.807) is 6.92 Å². The highest BCUT2D eigenvalue weighted by atomic mass is 16.4. The largest absolute Gasteiger partial charge is 0.481 e. The van der Waals surface area contributed by atoms with Crippen molar-refractivity contribution in [3.8, 4) is 6.07 Å². The Morgan fingerprint density at radius 3 is 2.89 bits per heavy atom. The number of pyridine rings is 1. The van der Waals surface area contributed by atoms with Crippen molar-refractivity contribution in [3.63, 3.8) is 0 Å². The minimum absolute atomic E-state index is 0.0191. The lowest BCUT2D eigenvalue weighted by molar-refractivity contribution is -0.138. The Bertz CT molecular complexity index is 735. The van der Waals surface area contributed by atoms with Crippen molar-refractivity contribution in [1.82, 2.24) is 14.6 Å². The average molecular weight is 246 g/mol. The maximum Gasteiger partial charge on any atom is 0.313 e. The van der Waals surface area contributed by atoms with Crippen LogP contribution in [0.4, 0.5) is 0 Å². The molecule has 0 aliphatic carbocycles. The minimum Gasteiger partial charge on any atom is -0.481 e. The van der Waals surface area contributed by atoms with Gasteiger partial charge in [0, 0.05) is 6.07 Å². The first-order valence-corrected chi connectivity index (χ1v) is 5.21. The number of aromatic nitrogens is 3.